The summed E-state index contributed by atoms with van der Waals surface area (Å²) in [5.41, 5.74) is 6.51. The predicted molar refractivity (Wildman–Crippen MR) is 154 cm³/mol. The van der Waals surface area contributed by atoms with E-state index in [1.165, 1.54) is 16.8 Å². The molecule has 1 fully saturated rings. The Morgan fingerprint density at radius 1 is 1.11 bits per heavy atom. The van der Waals surface area contributed by atoms with Gasteiger partial charge in [0, 0.05) is 43.1 Å². The van der Waals surface area contributed by atoms with Gasteiger partial charge in [0.15, 0.2) is 5.11 Å². The first-order valence-electron chi connectivity index (χ1n) is 12.7. The molecule has 3 aromatic rings. The molecule has 0 saturated carbocycles. The van der Waals surface area contributed by atoms with Gasteiger partial charge in [0.25, 0.3) is 0 Å². The van der Waals surface area contributed by atoms with Gasteiger partial charge in [0.1, 0.15) is 0 Å². The lowest BCUT2D eigenvalue weighted by Gasteiger charge is -2.41. The number of allylic oxidation sites excluding steroid dienone is 1. The molecular weight excluding hydrogens is 478 g/mol. The van der Waals surface area contributed by atoms with E-state index in [9.17, 15) is 4.79 Å². The third-order valence-corrected chi connectivity index (χ3v) is 7.77. The fourth-order valence-electron chi connectivity index (χ4n) is 5.34. The summed E-state index contributed by atoms with van der Waals surface area (Å²) >= 11 is 5.80. The molecule has 0 radical (unpaired) electrons. The topological polar surface area (TPSA) is 60.5 Å². The van der Waals surface area contributed by atoms with Gasteiger partial charge in [-0.25, -0.2) is 0 Å². The van der Waals surface area contributed by atoms with E-state index in [0.29, 0.717) is 18.1 Å². The highest BCUT2D eigenvalue weighted by molar-refractivity contribution is 7.80. The van der Waals surface area contributed by atoms with Crippen molar-refractivity contribution in [1.29, 1.82) is 0 Å². The van der Waals surface area contributed by atoms with E-state index in [4.69, 9.17) is 12.2 Å². The number of nitrogens with zero attached hydrogens (tertiary/aromatic N) is 3. The van der Waals surface area contributed by atoms with E-state index in [-0.39, 0.29) is 23.5 Å². The van der Waals surface area contributed by atoms with Crippen molar-refractivity contribution in [3.63, 3.8) is 0 Å². The van der Waals surface area contributed by atoms with E-state index in [1.54, 1.807) is 0 Å². The molecule has 37 heavy (non-hydrogen) atoms. The zero-order valence-electron chi connectivity index (χ0n) is 21.7. The summed E-state index contributed by atoms with van der Waals surface area (Å²) < 4.78 is 0. The normalized spacial score (nSPS) is 20.2. The largest absolute Gasteiger partial charge is 0.366 e. The van der Waals surface area contributed by atoms with Crippen LogP contribution in [0.3, 0.4) is 0 Å². The minimum atomic E-state index is -0.119. The number of thiocarbonyl (C=S) groups is 1. The number of carbonyl (C=O) groups excluding carboxylic acids is 1. The van der Waals surface area contributed by atoms with Crippen LogP contribution in [0.15, 0.2) is 79.0 Å². The standard InChI is InChI=1S/C30H33N5OS/c1-20-19-30(2,3)34(4)25-14-13-21(18-23(20)25)28-27(24-12-8-9-16-31-24)33-29(37)35(28)17-15-26(36)32-22-10-6-5-7-11-22/h5-14,16,18-19,27-28H,15,17H2,1-4H3,(H,32,36)(H,33,37)/t27-,28-/m1/s1. The van der Waals surface area contributed by atoms with Crippen LogP contribution >= 0.6 is 12.2 Å². The number of rotatable bonds is 6. The number of carbonyl (C=O) groups is 1. The fourth-order valence-corrected chi connectivity index (χ4v) is 5.67. The molecule has 2 N–H and O–H groups in total. The minimum absolute atomic E-state index is 0.0397. The van der Waals surface area contributed by atoms with E-state index in [0.717, 1.165) is 16.9 Å². The fraction of sp³-hybridized carbons (Fsp3) is 0.300. The van der Waals surface area contributed by atoms with Crippen molar-refractivity contribution in [3.05, 3.63) is 95.8 Å². The number of amides is 1. The van der Waals surface area contributed by atoms with E-state index >= 15 is 0 Å². The average Bonchev–Trinajstić information content (AvgIpc) is 3.22. The molecule has 3 heterocycles. The first kappa shape index (κ1) is 25.0. The van der Waals surface area contributed by atoms with Crippen LogP contribution in [-0.4, -0.2) is 40.0 Å². The SMILES string of the molecule is CC1=CC(C)(C)N(C)c2ccc([C@@H]3[C@@H](c4ccccn4)NC(=S)N3CCC(=O)Nc3ccccc3)cc21. The van der Waals surface area contributed by atoms with Crippen LogP contribution in [0, 0.1) is 0 Å². The summed E-state index contributed by atoms with van der Waals surface area (Å²) in [6.45, 7) is 7.13. The molecular formula is C30H33N5OS. The Kier molecular flexibility index (Phi) is 6.73. The number of aromatic nitrogens is 1. The van der Waals surface area contributed by atoms with Gasteiger partial charge in [-0.05, 0) is 80.5 Å². The second-order valence-corrected chi connectivity index (χ2v) is 10.7. The zero-order valence-corrected chi connectivity index (χ0v) is 22.5. The number of hydrogen-bond acceptors (Lipinski definition) is 4. The smallest absolute Gasteiger partial charge is 0.226 e. The van der Waals surface area contributed by atoms with Crippen LogP contribution in [0.25, 0.3) is 5.57 Å². The van der Waals surface area contributed by atoms with Gasteiger partial charge >= 0.3 is 0 Å². The third-order valence-electron chi connectivity index (χ3n) is 7.42. The number of likely N-dealkylation sites (N-methyl/N-ethyl adjacent to an activating group) is 1. The van der Waals surface area contributed by atoms with Crippen LogP contribution in [0.1, 0.15) is 56.1 Å². The number of fused-ring (bicyclic) bond motifs is 1. The van der Waals surface area contributed by atoms with E-state index < -0.39 is 0 Å². The van der Waals surface area contributed by atoms with Crippen molar-refractivity contribution < 1.29 is 4.79 Å². The second kappa shape index (κ2) is 9.98. The molecule has 190 valence electrons. The highest BCUT2D eigenvalue weighted by atomic mass is 32.1. The van der Waals surface area contributed by atoms with Crippen molar-refractivity contribution in [1.82, 2.24) is 15.2 Å². The van der Waals surface area contributed by atoms with Gasteiger partial charge in [-0.15, -0.1) is 0 Å². The highest BCUT2D eigenvalue weighted by Crippen LogP contribution is 2.43. The lowest BCUT2D eigenvalue weighted by atomic mass is 9.86. The van der Waals surface area contributed by atoms with Crippen LogP contribution in [0.4, 0.5) is 11.4 Å². The Balaban J connectivity index is 1.46. The van der Waals surface area contributed by atoms with Gasteiger partial charge in [0.2, 0.25) is 5.91 Å². The Morgan fingerprint density at radius 2 is 1.86 bits per heavy atom. The lowest BCUT2D eigenvalue weighted by Crippen LogP contribution is -2.42. The molecule has 1 aromatic heterocycles. The van der Waals surface area contributed by atoms with E-state index in [1.807, 2.05) is 54.7 Å². The number of nitrogens with one attached hydrogen (secondary N) is 2. The maximum absolute atomic E-state index is 12.8. The lowest BCUT2D eigenvalue weighted by molar-refractivity contribution is -0.116. The molecule has 2 aliphatic heterocycles. The maximum atomic E-state index is 12.8. The first-order chi connectivity index (χ1) is 17.7. The number of benzene rings is 2. The molecule has 2 aromatic carbocycles. The number of anilines is 2. The minimum Gasteiger partial charge on any atom is -0.366 e. The van der Waals surface area contributed by atoms with Gasteiger partial charge in [-0.3, -0.25) is 9.78 Å². The third kappa shape index (κ3) is 4.96. The monoisotopic (exact) mass is 511 g/mol. The average molecular weight is 512 g/mol. The molecule has 0 bridgehead atoms. The summed E-state index contributed by atoms with van der Waals surface area (Å²) in [7, 11) is 2.14. The van der Waals surface area contributed by atoms with Gasteiger partial charge in [-0.2, -0.15) is 0 Å². The quantitative estimate of drug-likeness (QED) is 0.413. The Labute approximate surface area is 224 Å². The van der Waals surface area contributed by atoms with Gasteiger partial charge in [-0.1, -0.05) is 36.4 Å². The molecule has 1 saturated heterocycles. The molecule has 1 amide bonds. The van der Waals surface area contributed by atoms with Crippen molar-refractivity contribution in [2.45, 2.75) is 44.8 Å². The van der Waals surface area contributed by atoms with Crippen LogP contribution in [0.5, 0.6) is 0 Å². The molecule has 0 unspecified atom stereocenters. The Bertz CT molecular complexity index is 1340. The second-order valence-electron chi connectivity index (χ2n) is 10.3. The molecule has 5 rings (SSSR count). The molecule has 2 aliphatic rings. The molecule has 0 spiro atoms. The van der Waals surface area contributed by atoms with Gasteiger partial charge < -0.3 is 20.4 Å². The summed E-state index contributed by atoms with van der Waals surface area (Å²) in [6, 6.07) is 21.9. The van der Waals surface area contributed by atoms with Crippen LogP contribution in [-0.2, 0) is 4.79 Å². The summed E-state index contributed by atoms with van der Waals surface area (Å²) in [5.74, 6) is -0.0397. The number of para-hydroxylation sites is 1. The molecule has 2 atom stereocenters. The number of hydrogen-bond donors (Lipinski definition) is 2. The van der Waals surface area contributed by atoms with Crippen LogP contribution < -0.4 is 15.5 Å². The molecule has 6 nitrogen and oxygen atoms in total. The Morgan fingerprint density at radius 3 is 2.59 bits per heavy atom. The van der Waals surface area contributed by atoms with Crippen molar-refractivity contribution in [3.8, 4) is 0 Å². The van der Waals surface area contributed by atoms with Crippen molar-refractivity contribution in [2.75, 3.05) is 23.8 Å². The molecule has 7 heteroatoms. The summed E-state index contributed by atoms with van der Waals surface area (Å²) in [6.07, 6.45) is 4.45. The summed E-state index contributed by atoms with van der Waals surface area (Å²) in [5, 5.41) is 7.11. The van der Waals surface area contributed by atoms with E-state index in [2.05, 4.69) is 77.5 Å². The summed E-state index contributed by atoms with van der Waals surface area (Å²) in [4.78, 5) is 21.9. The van der Waals surface area contributed by atoms with Crippen molar-refractivity contribution in [2.24, 2.45) is 0 Å². The highest BCUT2D eigenvalue weighted by Gasteiger charge is 2.40. The van der Waals surface area contributed by atoms with Crippen LogP contribution in [0.2, 0.25) is 0 Å². The van der Waals surface area contributed by atoms with Crippen molar-refractivity contribution >= 4 is 40.2 Å². The zero-order chi connectivity index (χ0) is 26.2. The molecule has 0 aliphatic carbocycles. The number of pyridine rings is 1. The first-order valence-corrected chi connectivity index (χ1v) is 13.1. The maximum Gasteiger partial charge on any atom is 0.226 e. The van der Waals surface area contributed by atoms with Gasteiger partial charge in [0.05, 0.1) is 23.3 Å². The predicted octanol–water partition coefficient (Wildman–Crippen LogP) is 5.71. The Hall–Kier alpha value is -3.71.